The maximum atomic E-state index is 13.4. The number of nitrogens with zero attached hydrogens (tertiary/aromatic N) is 1. The summed E-state index contributed by atoms with van der Waals surface area (Å²) in [6.45, 7) is 5.94. The Hall–Kier alpha value is -0.700. The van der Waals surface area contributed by atoms with Gasteiger partial charge in [-0.15, -0.1) is 24.8 Å². The smallest absolute Gasteiger partial charge is 0.314 e. The Morgan fingerprint density at radius 1 is 0.963 bits per heavy atom. The number of halogens is 8. The molecule has 2 rings (SSSR count). The molecule has 0 unspecified atom stereocenters. The molecule has 2 nitrogen and oxygen atoms in total. The number of piperazine rings is 1. The van der Waals surface area contributed by atoms with Gasteiger partial charge in [0, 0.05) is 32.2 Å². The lowest BCUT2D eigenvalue weighted by atomic mass is 9.90. The maximum absolute atomic E-state index is 13.4. The minimum atomic E-state index is -4.69. The van der Waals surface area contributed by atoms with Crippen LogP contribution in [0.5, 0.6) is 0 Å². The van der Waals surface area contributed by atoms with Crippen molar-refractivity contribution in [2.24, 2.45) is 5.92 Å². The van der Waals surface area contributed by atoms with Crippen LogP contribution < -0.4 is 5.32 Å². The van der Waals surface area contributed by atoms with Gasteiger partial charge in [0.2, 0.25) is 0 Å². The van der Waals surface area contributed by atoms with Gasteiger partial charge in [-0.1, -0.05) is 13.8 Å². The molecule has 1 N–H and O–H groups in total. The molecule has 0 aliphatic carbocycles. The van der Waals surface area contributed by atoms with Crippen molar-refractivity contribution in [2.75, 3.05) is 26.2 Å². The average molecular weight is 441 g/mol. The normalized spacial score (nSPS) is 17.2. The molecule has 0 radical (unpaired) electrons. The van der Waals surface area contributed by atoms with E-state index in [0.29, 0.717) is 50.8 Å². The maximum Gasteiger partial charge on any atom is 0.416 e. The number of nitrogens with one attached hydrogen (secondary N) is 1. The van der Waals surface area contributed by atoms with Gasteiger partial charge in [-0.25, -0.2) is 0 Å². The largest absolute Gasteiger partial charge is 0.416 e. The molecule has 0 spiro atoms. The highest BCUT2D eigenvalue weighted by molar-refractivity contribution is 5.85. The van der Waals surface area contributed by atoms with Gasteiger partial charge in [-0.2, -0.15) is 26.3 Å². The summed E-state index contributed by atoms with van der Waals surface area (Å²) < 4.78 is 79.5. The van der Waals surface area contributed by atoms with Crippen molar-refractivity contribution >= 4 is 24.8 Å². The van der Waals surface area contributed by atoms with Crippen LogP contribution in [-0.4, -0.2) is 31.1 Å². The van der Waals surface area contributed by atoms with Crippen LogP contribution in [0.3, 0.4) is 0 Å². The van der Waals surface area contributed by atoms with Gasteiger partial charge in [0.1, 0.15) is 0 Å². The van der Waals surface area contributed by atoms with Crippen LogP contribution in [-0.2, 0) is 12.4 Å². The molecule has 1 saturated heterocycles. The van der Waals surface area contributed by atoms with Crippen molar-refractivity contribution < 1.29 is 26.3 Å². The zero-order valence-electron chi connectivity index (χ0n) is 15.0. The number of benzene rings is 1. The zero-order chi connectivity index (χ0) is 18.8. The molecule has 1 aliphatic heterocycles. The van der Waals surface area contributed by atoms with Gasteiger partial charge in [0.15, 0.2) is 0 Å². The lowest BCUT2D eigenvalue weighted by Crippen LogP contribution is -2.45. The summed E-state index contributed by atoms with van der Waals surface area (Å²) in [6, 6.07) is 1.06. The molecule has 1 aromatic carbocycles. The Morgan fingerprint density at radius 2 is 1.52 bits per heavy atom. The van der Waals surface area contributed by atoms with Crippen LogP contribution in [0.1, 0.15) is 43.0 Å². The zero-order valence-corrected chi connectivity index (χ0v) is 16.6. The third-order valence-electron chi connectivity index (χ3n) is 4.33. The Balaban J connectivity index is 0.00000338. The van der Waals surface area contributed by atoms with Crippen LogP contribution in [0.2, 0.25) is 0 Å². The third-order valence-corrected chi connectivity index (χ3v) is 4.33. The summed E-state index contributed by atoms with van der Waals surface area (Å²) >= 11 is 0. The van der Waals surface area contributed by atoms with Gasteiger partial charge in [0.05, 0.1) is 11.1 Å². The van der Waals surface area contributed by atoms with Crippen molar-refractivity contribution in [3.8, 4) is 0 Å². The molecule has 0 amide bonds. The topological polar surface area (TPSA) is 15.3 Å². The molecule has 1 fully saturated rings. The summed E-state index contributed by atoms with van der Waals surface area (Å²) in [7, 11) is 0. The molecule has 27 heavy (non-hydrogen) atoms. The second-order valence-electron chi connectivity index (χ2n) is 6.73. The van der Waals surface area contributed by atoms with E-state index in [2.05, 4.69) is 5.32 Å². The standard InChI is InChI=1S/C17H22F6N2.2ClH/c1-11(2)9-15(25-7-5-24-6-8-25)13-10-12(16(18,19)20)3-4-14(13)17(21,22)23;;/h3-4,10-11,15,24H,5-9H2,1-2H3;2*1H/t15-;;/m1../s1. The number of hydrogen-bond acceptors (Lipinski definition) is 2. The van der Waals surface area contributed by atoms with E-state index in [1.54, 1.807) is 0 Å². The highest BCUT2D eigenvalue weighted by atomic mass is 35.5. The van der Waals surface area contributed by atoms with Crippen molar-refractivity contribution in [3.63, 3.8) is 0 Å². The lowest BCUT2D eigenvalue weighted by Gasteiger charge is -2.37. The van der Waals surface area contributed by atoms with Gasteiger partial charge in [-0.3, -0.25) is 4.90 Å². The Labute approximate surface area is 167 Å². The molecule has 1 heterocycles. The molecule has 1 aliphatic rings. The predicted molar refractivity (Wildman–Crippen MR) is 97.6 cm³/mol. The summed E-state index contributed by atoms with van der Waals surface area (Å²) in [5.74, 6) is 0.0514. The van der Waals surface area contributed by atoms with Gasteiger partial charge < -0.3 is 5.32 Å². The monoisotopic (exact) mass is 440 g/mol. The fourth-order valence-corrected chi connectivity index (χ4v) is 3.19. The summed E-state index contributed by atoms with van der Waals surface area (Å²) in [6.07, 6.45) is -9.00. The molecular formula is C17H24Cl2F6N2. The van der Waals surface area contributed by atoms with Gasteiger partial charge in [0.25, 0.3) is 0 Å². The first kappa shape index (κ1) is 26.3. The predicted octanol–water partition coefficient (Wildman–Crippen LogP) is 5.56. The van der Waals surface area contributed by atoms with E-state index in [0.717, 1.165) is 0 Å². The van der Waals surface area contributed by atoms with E-state index in [9.17, 15) is 26.3 Å². The third kappa shape index (κ3) is 7.00. The summed E-state index contributed by atoms with van der Waals surface area (Å²) in [5, 5.41) is 3.11. The average Bonchev–Trinajstić information content (AvgIpc) is 2.51. The molecule has 1 aromatic rings. The highest BCUT2D eigenvalue weighted by Gasteiger charge is 2.39. The second kappa shape index (κ2) is 10.2. The lowest BCUT2D eigenvalue weighted by molar-refractivity contribution is -0.142. The molecule has 10 heteroatoms. The van der Waals surface area contributed by atoms with Gasteiger partial charge in [-0.05, 0) is 36.1 Å². The van der Waals surface area contributed by atoms with E-state index >= 15 is 0 Å². The first-order valence-electron chi connectivity index (χ1n) is 8.23. The quantitative estimate of drug-likeness (QED) is 0.616. The molecule has 1 atom stereocenters. The molecule has 0 aromatic heterocycles. The molecule has 0 saturated carbocycles. The SMILES string of the molecule is CC(C)C[C@H](c1cc(C(F)(F)F)ccc1C(F)(F)F)N1CCNCC1.Cl.Cl. The number of rotatable bonds is 4. The minimum absolute atomic E-state index is 0. The Morgan fingerprint density at radius 3 is 1.96 bits per heavy atom. The Kier molecular flexibility index (Phi) is 9.92. The summed E-state index contributed by atoms with van der Waals surface area (Å²) in [4.78, 5) is 1.85. The van der Waals surface area contributed by atoms with Crippen molar-refractivity contribution in [1.82, 2.24) is 10.2 Å². The van der Waals surface area contributed by atoms with Gasteiger partial charge >= 0.3 is 12.4 Å². The van der Waals surface area contributed by atoms with E-state index in [4.69, 9.17) is 0 Å². The fraction of sp³-hybridized carbons (Fsp3) is 0.647. The van der Waals surface area contributed by atoms with Crippen LogP contribution in [0, 0.1) is 5.92 Å². The molecular weight excluding hydrogens is 417 g/mol. The number of hydrogen-bond donors (Lipinski definition) is 1. The number of alkyl halides is 6. The van der Waals surface area contributed by atoms with E-state index in [1.165, 1.54) is 0 Å². The fourth-order valence-electron chi connectivity index (χ4n) is 3.19. The second-order valence-corrected chi connectivity index (χ2v) is 6.73. The highest BCUT2D eigenvalue weighted by Crippen LogP contribution is 2.41. The van der Waals surface area contributed by atoms with E-state index in [1.807, 2.05) is 18.7 Å². The van der Waals surface area contributed by atoms with Crippen LogP contribution in [0.25, 0.3) is 0 Å². The van der Waals surface area contributed by atoms with Crippen LogP contribution in [0.15, 0.2) is 18.2 Å². The van der Waals surface area contributed by atoms with Crippen LogP contribution >= 0.6 is 24.8 Å². The first-order chi connectivity index (χ1) is 11.5. The van der Waals surface area contributed by atoms with E-state index < -0.39 is 29.5 Å². The minimum Gasteiger partial charge on any atom is -0.314 e. The Bertz CT molecular complexity index is 584. The van der Waals surface area contributed by atoms with Crippen LogP contribution in [0.4, 0.5) is 26.3 Å². The van der Waals surface area contributed by atoms with Crippen molar-refractivity contribution in [3.05, 3.63) is 34.9 Å². The molecule has 0 bridgehead atoms. The molecule has 158 valence electrons. The van der Waals surface area contributed by atoms with Crippen molar-refractivity contribution in [2.45, 2.75) is 38.7 Å². The summed E-state index contributed by atoms with van der Waals surface area (Å²) in [5.41, 5.74) is -2.30. The first-order valence-corrected chi connectivity index (χ1v) is 8.23. The van der Waals surface area contributed by atoms with E-state index in [-0.39, 0.29) is 36.3 Å². The van der Waals surface area contributed by atoms with Crippen molar-refractivity contribution in [1.29, 1.82) is 0 Å².